The summed E-state index contributed by atoms with van der Waals surface area (Å²) >= 11 is 6.39. The minimum atomic E-state index is -0.679. The Hall–Kier alpha value is -1.85. The van der Waals surface area contributed by atoms with Crippen LogP contribution < -0.4 is 10.1 Å². The number of pyridine rings is 1. The number of carbonyl (C=O) groups is 1. The number of methoxy groups -OCH3 is 1. The Kier molecular flexibility index (Phi) is 5.45. The Morgan fingerprint density at radius 3 is 2.84 bits per heavy atom. The summed E-state index contributed by atoms with van der Waals surface area (Å²) in [5, 5.41) is 14.5. The topological polar surface area (TPSA) is 71.5 Å². The van der Waals surface area contributed by atoms with Gasteiger partial charge in [0, 0.05) is 11.6 Å². The number of nitrogens with zero attached hydrogens (tertiary/aromatic N) is 1. The summed E-state index contributed by atoms with van der Waals surface area (Å²) in [5.41, 5.74) is 1.27. The molecule has 0 amide bonds. The third-order valence-corrected chi connectivity index (χ3v) is 5.56. The zero-order chi connectivity index (χ0) is 17.9. The van der Waals surface area contributed by atoms with Crippen LogP contribution in [0.4, 0.5) is 0 Å². The lowest BCUT2D eigenvalue weighted by Crippen LogP contribution is -2.42. The van der Waals surface area contributed by atoms with Crippen molar-refractivity contribution < 1.29 is 14.6 Å². The average Bonchev–Trinajstić information content (AvgIpc) is 2.63. The first-order chi connectivity index (χ1) is 12.1. The smallest absolute Gasteiger partial charge is 0.309 e. The number of rotatable bonds is 6. The number of carboxylic acid groups (broad SMARTS) is 1. The molecule has 25 heavy (non-hydrogen) atoms. The molecule has 2 aromatic rings. The van der Waals surface area contributed by atoms with Crippen molar-refractivity contribution in [1.29, 1.82) is 0 Å². The van der Waals surface area contributed by atoms with Gasteiger partial charge in [-0.3, -0.25) is 9.78 Å². The van der Waals surface area contributed by atoms with Gasteiger partial charge in [0.25, 0.3) is 0 Å². The Labute approximate surface area is 152 Å². The predicted octanol–water partition coefficient (Wildman–Crippen LogP) is 3.67. The minimum absolute atomic E-state index is 0.613. The van der Waals surface area contributed by atoms with Crippen molar-refractivity contribution in [2.75, 3.05) is 20.2 Å². The first-order valence-electron chi connectivity index (χ1n) is 8.61. The molecule has 2 heterocycles. The van der Waals surface area contributed by atoms with Crippen LogP contribution in [0.25, 0.3) is 10.9 Å². The van der Waals surface area contributed by atoms with Gasteiger partial charge in [-0.1, -0.05) is 11.6 Å². The van der Waals surface area contributed by atoms with Gasteiger partial charge < -0.3 is 15.2 Å². The molecule has 3 rings (SSSR count). The SMILES string of the molecule is COc1ccc2ncc(Cl)c(CCCC3(C(=O)O)CCNCC3)c2c1. The van der Waals surface area contributed by atoms with Crippen molar-refractivity contribution in [3.05, 3.63) is 35.0 Å². The van der Waals surface area contributed by atoms with Crippen LogP contribution in [0.5, 0.6) is 5.75 Å². The Balaban J connectivity index is 1.80. The predicted molar refractivity (Wildman–Crippen MR) is 98.4 cm³/mol. The average molecular weight is 363 g/mol. The molecule has 1 saturated heterocycles. The third kappa shape index (κ3) is 3.72. The van der Waals surface area contributed by atoms with Crippen LogP contribution in [-0.2, 0) is 11.2 Å². The molecular weight excluding hydrogens is 340 g/mol. The van der Waals surface area contributed by atoms with Gasteiger partial charge in [-0.2, -0.15) is 0 Å². The standard InChI is InChI=1S/C19H23ClN2O3/c1-25-13-4-5-17-15(11-13)14(16(20)12-22-17)3-2-6-19(18(23)24)7-9-21-10-8-19/h4-5,11-12,21H,2-3,6-10H2,1H3,(H,23,24). The number of aromatic nitrogens is 1. The van der Waals surface area contributed by atoms with Gasteiger partial charge in [0.15, 0.2) is 0 Å². The number of halogens is 1. The number of aliphatic carboxylic acids is 1. The molecule has 1 fully saturated rings. The third-order valence-electron chi connectivity index (χ3n) is 5.23. The van der Waals surface area contributed by atoms with Crippen LogP contribution in [-0.4, -0.2) is 36.3 Å². The van der Waals surface area contributed by atoms with Crippen LogP contribution >= 0.6 is 11.6 Å². The van der Waals surface area contributed by atoms with Crippen molar-refractivity contribution in [2.24, 2.45) is 5.41 Å². The lowest BCUT2D eigenvalue weighted by Gasteiger charge is -2.33. The van der Waals surface area contributed by atoms with E-state index in [2.05, 4.69) is 10.3 Å². The second-order valence-electron chi connectivity index (χ2n) is 6.66. The van der Waals surface area contributed by atoms with Gasteiger partial charge in [-0.05, 0) is 69.0 Å². The van der Waals surface area contributed by atoms with Gasteiger partial charge in [-0.15, -0.1) is 0 Å². The van der Waals surface area contributed by atoms with Crippen LogP contribution in [0.3, 0.4) is 0 Å². The summed E-state index contributed by atoms with van der Waals surface area (Å²) in [6.45, 7) is 1.53. The van der Waals surface area contributed by atoms with Gasteiger partial charge >= 0.3 is 5.97 Å². The number of carboxylic acids is 1. The number of hydrogen-bond donors (Lipinski definition) is 2. The lowest BCUT2D eigenvalue weighted by molar-refractivity contribution is -0.151. The quantitative estimate of drug-likeness (QED) is 0.820. The minimum Gasteiger partial charge on any atom is -0.497 e. The van der Waals surface area contributed by atoms with E-state index in [1.807, 2.05) is 18.2 Å². The zero-order valence-corrected chi connectivity index (χ0v) is 15.1. The van der Waals surface area contributed by atoms with E-state index >= 15 is 0 Å². The second kappa shape index (κ2) is 7.58. The van der Waals surface area contributed by atoms with E-state index < -0.39 is 11.4 Å². The van der Waals surface area contributed by atoms with Crippen LogP contribution in [0.1, 0.15) is 31.2 Å². The Morgan fingerprint density at radius 1 is 1.40 bits per heavy atom. The van der Waals surface area contributed by atoms with Gasteiger partial charge in [0.1, 0.15) is 5.75 Å². The Bertz CT molecular complexity index is 773. The number of piperidine rings is 1. The first kappa shape index (κ1) is 18.0. The van der Waals surface area contributed by atoms with Crippen molar-refractivity contribution >= 4 is 28.5 Å². The molecule has 0 radical (unpaired) electrons. The van der Waals surface area contributed by atoms with Gasteiger partial charge in [-0.25, -0.2) is 0 Å². The highest BCUT2D eigenvalue weighted by atomic mass is 35.5. The van der Waals surface area contributed by atoms with Crippen molar-refractivity contribution in [3.8, 4) is 5.75 Å². The molecule has 0 unspecified atom stereocenters. The van der Waals surface area contributed by atoms with E-state index in [1.54, 1.807) is 13.3 Å². The fourth-order valence-corrected chi connectivity index (χ4v) is 3.91. The molecule has 1 aromatic carbocycles. The first-order valence-corrected chi connectivity index (χ1v) is 8.99. The lowest BCUT2D eigenvalue weighted by atomic mass is 9.75. The van der Waals surface area contributed by atoms with Crippen LogP contribution in [0.2, 0.25) is 5.02 Å². The molecule has 2 N–H and O–H groups in total. The van der Waals surface area contributed by atoms with Crippen molar-refractivity contribution in [3.63, 3.8) is 0 Å². The number of aryl methyl sites for hydroxylation is 1. The summed E-state index contributed by atoms with van der Waals surface area (Å²) in [6.07, 6.45) is 5.20. The van der Waals surface area contributed by atoms with Crippen LogP contribution in [0.15, 0.2) is 24.4 Å². The van der Waals surface area contributed by atoms with E-state index in [0.29, 0.717) is 24.3 Å². The molecular formula is C19H23ClN2O3. The highest BCUT2D eigenvalue weighted by Crippen LogP contribution is 2.36. The molecule has 134 valence electrons. The molecule has 0 bridgehead atoms. The maximum Gasteiger partial charge on any atom is 0.309 e. The normalized spacial score (nSPS) is 16.7. The number of hydrogen-bond acceptors (Lipinski definition) is 4. The molecule has 0 atom stereocenters. The number of fused-ring (bicyclic) bond motifs is 1. The molecule has 0 saturated carbocycles. The molecule has 5 nitrogen and oxygen atoms in total. The maximum atomic E-state index is 11.8. The largest absolute Gasteiger partial charge is 0.497 e. The highest BCUT2D eigenvalue weighted by Gasteiger charge is 2.38. The monoisotopic (exact) mass is 362 g/mol. The summed E-state index contributed by atoms with van der Waals surface area (Å²) in [5.74, 6) is 0.0829. The van der Waals surface area contributed by atoms with Crippen molar-refractivity contribution in [2.45, 2.75) is 32.1 Å². The fourth-order valence-electron chi connectivity index (χ4n) is 3.66. The van der Waals surface area contributed by atoms with Crippen molar-refractivity contribution in [1.82, 2.24) is 10.3 Å². The summed E-state index contributed by atoms with van der Waals surface area (Å²) < 4.78 is 5.31. The molecule has 1 aromatic heterocycles. The number of ether oxygens (including phenoxy) is 1. The highest BCUT2D eigenvalue weighted by molar-refractivity contribution is 6.32. The van der Waals surface area contributed by atoms with E-state index in [-0.39, 0.29) is 0 Å². The molecule has 0 aliphatic carbocycles. The second-order valence-corrected chi connectivity index (χ2v) is 7.06. The summed E-state index contributed by atoms with van der Waals surface area (Å²) in [4.78, 5) is 16.2. The molecule has 1 aliphatic heterocycles. The Morgan fingerprint density at radius 2 is 2.16 bits per heavy atom. The molecule has 1 aliphatic rings. The molecule has 0 spiro atoms. The summed E-state index contributed by atoms with van der Waals surface area (Å²) in [6, 6.07) is 5.74. The van der Waals surface area contributed by atoms with Crippen LogP contribution in [0, 0.1) is 5.41 Å². The maximum absolute atomic E-state index is 11.8. The number of benzene rings is 1. The summed E-state index contributed by atoms with van der Waals surface area (Å²) in [7, 11) is 1.63. The van der Waals surface area contributed by atoms with E-state index in [4.69, 9.17) is 16.3 Å². The fraction of sp³-hybridized carbons (Fsp3) is 0.474. The van der Waals surface area contributed by atoms with E-state index in [1.165, 1.54) is 0 Å². The van der Waals surface area contributed by atoms with Gasteiger partial charge in [0.05, 0.1) is 23.1 Å². The van der Waals surface area contributed by atoms with E-state index in [0.717, 1.165) is 48.1 Å². The van der Waals surface area contributed by atoms with Gasteiger partial charge in [0.2, 0.25) is 0 Å². The van der Waals surface area contributed by atoms with E-state index in [9.17, 15) is 9.90 Å². The zero-order valence-electron chi connectivity index (χ0n) is 14.3. The molecule has 6 heteroatoms. The number of nitrogens with one attached hydrogen (secondary N) is 1.